The lowest BCUT2D eigenvalue weighted by Crippen LogP contribution is -2.52. The molecule has 6 heteroatoms. The van der Waals surface area contributed by atoms with Crippen LogP contribution in [0.4, 0.5) is 0 Å². The number of nitrogens with zero attached hydrogens (tertiary/aromatic N) is 1. The average Bonchev–Trinajstić information content (AvgIpc) is 3.27. The van der Waals surface area contributed by atoms with Crippen LogP contribution in [0, 0.1) is 12.8 Å². The lowest BCUT2D eigenvalue weighted by Gasteiger charge is -2.38. The molecule has 4 unspecified atom stereocenters. The molecule has 0 radical (unpaired) electrons. The summed E-state index contributed by atoms with van der Waals surface area (Å²) < 4.78 is 12.2. The second kappa shape index (κ2) is 6.85. The largest absolute Gasteiger partial charge is 0.486 e. The van der Waals surface area contributed by atoms with Gasteiger partial charge in [-0.1, -0.05) is 12.1 Å². The normalized spacial score (nSPS) is 31.0. The molecule has 26 heavy (non-hydrogen) atoms. The second-order valence-electron chi connectivity index (χ2n) is 7.55. The Bertz CT molecular complexity index is 780. The van der Waals surface area contributed by atoms with Crippen molar-refractivity contribution in [3.8, 4) is 11.5 Å². The number of aryl methyl sites for hydroxylation is 1. The Balaban J connectivity index is 1.28. The summed E-state index contributed by atoms with van der Waals surface area (Å²) >= 11 is 1.87. The van der Waals surface area contributed by atoms with Crippen LogP contribution in [0.3, 0.4) is 0 Å². The van der Waals surface area contributed by atoms with Crippen LogP contribution < -0.4 is 20.3 Å². The van der Waals surface area contributed by atoms with Crippen LogP contribution in [0.5, 0.6) is 11.5 Å². The molecule has 1 aromatic carbocycles. The maximum Gasteiger partial charge on any atom is 0.161 e. The molecule has 0 bridgehead atoms. The van der Waals surface area contributed by atoms with Crippen LogP contribution in [0.1, 0.15) is 16.9 Å². The van der Waals surface area contributed by atoms with Crippen molar-refractivity contribution in [2.24, 2.45) is 5.92 Å². The van der Waals surface area contributed by atoms with Crippen LogP contribution in [0.15, 0.2) is 35.7 Å². The molecule has 5 nitrogen and oxygen atoms in total. The highest BCUT2D eigenvalue weighted by Gasteiger charge is 2.45. The molecule has 0 spiro atoms. The molecule has 2 aromatic rings. The van der Waals surface area contributed by atoms with E-state index in [1.165, 1.54) is 16.9 Å². The molecule has 2 fully saturated rings. The van der Waals surface area contributed by atoms with E-state index in [4.69, 9.17) is 9.47 Å². The minimum Gasteiger partial charge on any atom is -0.486 e. The molecule has 138 valence electrons. The highest BCUT2D eigenvalue weighted by Crippen LogP contribution is 2.35. The number of hydrazine groups is 1. The number of thiophene rings is 1. The molecule has 2 N–H and O–H groups in total. The maximum atomic E-state index is 6.28. The summed E-state index contributed by atoms with van der Waals surface area (Å²) in [5.74, 6) is 2.24. The Morgan fingerprint density at radius 3 is 2.92 bits per heavy atom. The summed E-state index contributed by atoms with van der Waals surface area (Å²) in [6.07, 6.45) is 1.21. The predicted molar refractivity (Wildman–Crippen MR) is 103 cm³/mol. The van der Waals surface area contributed by atoms with Gasteiger partial charge in [0.05, 0.1) is 6.04 Å². The van der Waals surface area contributed by atoms with E-state index in [0.29, 0.717) is 18.6 Å². The first-order chi connectivity index (χ1) is 12.8. The lowest BCUT2D eigenvalue weighted by molar-refractivity contribution is 0.0403. The van der Waals surface area contributed by atoms with Gasteiger partial charge in [-0.3, -0.25) is 15.8 Å². The Hall–Kier alpha value is -1.60. The molecule has 4 heterocycles. The molecule has 3 aliphatic rings. The first kappa shape index (κ1) is 16.6. The van der Waals surface area contributed by atoms with E-state index >= 15 is 0 Å². The number of nitrogens with one attached hydrogen (secondary N) is 2. The van der Waals surface area contributed by atoms with E-state index in [-0.39, 0.29) is 12.1 Å². The van der Waals surface area contributed by atoms with Crippen LogP contribution in [0.25, 0.3) is 0 Å². The molecule has 1 aromatic heterocycles. The Morgan fingerprint density at radius 2 is 2.08 bits per heavy atom. The van der Waals surface area contributed by atoms with Crippen LogP contribution in [-0.4, -0.2) is 42.8 Å². The van der Waals surface area contributed by atoms with Crippen LogP contribution in [-0.2, 0) is 6.54 Å². The van der Waals surface area contributed by atoms with Crippen molar-refractivity contribution in [3.05, 3.63) is 46.2 Å². The number of hydrogen-bond acceptors (Lipinski definition) is 6. The van der Waals surface area contributed by atoms with Gasteiger partial charge in [0.2, 0.25) is 0 Å². The van der Waals surface area contributed by atoms with Crippen molar-refractivity contribution in [2.75, 3.05) is 19.7 Å². The van der Waals surface area contributed by atoms with Crippen molar-refractivity contribution in [2.45, 2.75) is 38.1 Å². The summed E-state index contributed by atoms with van der Waals surface area (Å²) in [5, 5.41) is 2.20. The summed E-state index contributed by atoms with van der Waals surface area (Å²) in [7, 11) is 0. The lowest BCUT2D eigenvalue weighted by atomic mass is 9.85. The molecule has 0 aliphatic carbocycles. The first-order valence-corrected chi connectivity index (χ1v) is 10.3. The number of para-hydroxylation sites is 2. The average molecular weight is 372 g/mol. The molecule has 0 amide bonds. The van der Waals surface area contributed by atoms with Gasteiger partial charge in [0.25, 0.3) is 0 Å². The van der Waals surface area contributed by atoms with E-state index in [9.17, 15) is 0 Å². The number of ether oxygens (including phenoxy) is 2. The second-order valence-corrected chi connectivity index (χ2v) is 8.55. The fourth-order valence-electron chi connectivity index (χ4n) is 4.40. The standard InChI is InChI=1S/C20H25N3O2S/c1-13-7-9-26-19(13)11-23-8-6-15-14(10-23)20(22-21-15)18-12-24-16-4-2-3-5-17(16)25-18/h2-5,7,9,14-15,18,20-22H,6,8,10-12H2,1H3. The van der Waals surface area contributed by atoms with E-state index in [0.717, 1.165) is 31.1 Å². The van der Waals surface area contributed by atoms with Crippen molar-refractivity contribution in [1.29, 1.82) is 0 Å². The molecule has 4 atom stereocenters. The fourth-order valence-corrected chi connectivity index (χ4v) is 5.35. The molecule has 2 saturated heterocycles. The third kappa shape index (κ3) is 3.01. The van der Waals surface area contributed by atoms with E-state index < -0.39 is 0 Å². The van der Waals surface area contributed by atoms with Crippen LogP contribution >= 0.6 is 11.3 Å². The third-order valence-corrected chi connectivity index (χ3v) is 6.91. The zero-order valence-electron chi connectivity index (χ0n) is 15.0. The van der Waals surface area contributed by atoms with Crippen molar-refractivity contribution >= 4 is 11.3 Å². The van der Waals surface area contributed by atoms with E-state index in [1.807, 2.05) is 35.6 Å². The molecule has 5 rings (SSSR count). The summed E-state index contributed by atoms with van der Waals surface area (Å²) in [4.78, 5) is 4.09. The number of likely N-dealkylation sites (tertiary alicyclic amines) is 1. The maximum absolute atomic E-state index is 6.28. The van der Waals surface area contributed by atoms with Crippen molar-refractivity contribution in [1.82, 2.24) is 15.8 Å². The number of rotatable bonds is 3. The van der Waals surface area contributed by atoms with Gasteiger partial charge in [0.1, 0.15) is 12.7 Å². The Labute approximate surface area is 158 Å². The van der Waals surface area contributed by atoms with Gasteiger partial charge >= 0.3 is 0 Å². The minimum atomic E-state index is 0.0378. The van der Waals surface area contributed by atoms with Gasteiger partial charge in [-0.05, 0) is 42.5 Å². The zero-order chi connectivity index (χ0) is 17.5. The van der Waals surface area contributed by atoms with Gasteiger partial charge in [-0.2, -0.15) is 0 Å². The molecular formula is C20H25N3O2S. The minimum absolute atomic E-state index is 0.0378. The van der Waals surface area contributed by atoms with Gasteiger partial charge in [0, 0.05) is 36.5 Å². The van der Waals surface area contributed by atoms with Gasteiger partial charge < -0.3 is 9.47 Å². The predicted octanol–water partition coefficient (Wildman–Crippen LogP) is 2.56. The number of piperidine rings is 1. The zero-order valence-corrected chi connectivity index (χ0v) is 15.8. The quantitative estimate of drug-likeness (QED) is 0.868. The highest BCUT2D eigenvalue weighted by atomic mass is 32.1. The Morgan fingerprint density at radius 1 is 1.19 bits per heavy atom. The molecular weight excluding hydrogens is 346 g/mol. The SMILES string of the molecule is Cc1ccsc1CN1CCC2NNC(C3COc4ccccc4O3)C2C1. The number of hydrogen-bond donors (Lipinski definition) is 2. The summed E-state index contributed by atoms with van der Waals surface area (Å²) in [6, 6.07) is 11.0. The smallest absolute Gasteiger partial charge is 0.161 e. The third-order valence-electron chi connectivity index (χ3n) is 5.91. The monoisotopic (exact) mass is 371 g/mol. The first-order valence-electron chi connectivity index (χ1n) is 9.43. The number of fused-ring (bicyclic) bond motifs is 2. The summed E-state index contributed by atoms with van der Waals surface area (Å²) in [6.45, 7) is 6.11. The number of benzene rings is 1. The molecule has 3 aliphatic heterocycles. The van der Waals surface area contributed by atoms with E-state index in [2.05, 4.69) is 34.1 Å². The van der Waals surface area contributed by atoms with Crippen molar-refractivity contribution < 1.29 is 9.47 Å². The molecule has 0 saturated carbocycles. The summed E-state index contributed by atoms with van der Waals surface area (Å²) in [5.41, 5.74) is 8.44. The van der Waals surface area contributed by atoms with Crippen molar-refractivity contribution in [3.63, 3.8) is 0 Å². The van der Waals surface area contributed by atoms with Crippen LogP contribution in [0.2, 0.25) is 0 Å². The van der Waals surface area contributed by atoms with Gasteiger partial charge in [0.15, 0.2) is 11.5 Å². The van der Waals surface area contributed by atoms with Gasteiger partial charge in [-0.15, -0.1) is 11.3 Å². The Kier molecular flexibility index (Phi) is 4.36. The van der Waals surface area contributed by atoms with E-state index in [1.54, 1.807) is 0 Å². The van der Waals surface area contributed by atoms with Gasteiger partial charge in [-0.25, -0.2) is 0 Å². The highest BCUT2D eigenvalue weighted by molar-refractivity contribution is 7.10. The fraction of sp³-hybridized carbons (Fsp3) is 0.500. The topological polar surface area (TPSA) is 45.8 Å².